The Bertz CT molecular complexity index is 692. The molecule has 2 aromatic rings. The largest absolute Gasteiger partial charge is 0.369 e. The maximum atomic E-state index is 4.66. The van der Waals surface area contributed by atoms with Crippen molar-refractivity contribution in [3.63, 3.8) is 0 Å². The highest BCUT2D eigenvalue weighted by Crippen LogP contribution is 2.49. The number of aromatic nitrogens is 4. The predicted octanol–water partition coefficient (Wildman–Crippen LogP) is 3.52. The van der Waals surface area contributed by atoms with Crippen LogP contribution in [0.3, 0.4) is 0 Å². The van der Waals surface area contributed by atoms with E-state index < -0.39 is 0 Å². The molecule has 2 saturated carbocycles. The van der Waals surface area contributed by atoms with Gasteiger partial charge >= 0.3 is 0 Å². The second-order valence-corrected chi connectivity index (χ2v) is 7.25. The zero-order valence-electron chi connectivity index (χ0n) is 14.0. The van der Waals surface area contributed by atoms with E-state index in [1.807, 2.05) is 18.5 Å². The summed E-state index contributed by atoms with van der Waals surface area (Å²) in [5, 5.41) is 7.93. The molecule has 2 aliphatic carbocycles. The first-order valence-corrected chi connectivity index (χ1v) is 8.78. The average molecular weight is 311 g/mol. The van der Waals surface area contributed by atoms with E-state index in [0.717, 1.165) is 47.3 Å². The number of rotatable bonds is 5. The van der Waals surface area contributed by atoms with Crippen LogP contribution in [0.1, 0.15) is 43.5 Å². The molecule has 2 aromatic heterocycles. The molecule has 0 saturated heterocycles. The van der Waals surface area contributed by atoms with Gasteiger partial charge in [0.1, 0.15) is 5.82 Å². The molecule has 23 heavy (non-hydrogen) atoms. The lowest BCUT2D eigenvalue weighted by molar-refractivity contribution is 0.321. The van der Waals surface area contributed by atoms with Crippen LogP contribution in [-0.4, -0.2) is 26.3 Å². The number of nitrogens with zero attached hydrogens (tertiary/aromatic N) is 4. The molecule has 1 N–H and O–H groups in total. The SMILES string of the molecule is Cc1cc(C)n(-c2cncc(NCC[C@H]3C[C@H]4CC[C@H]3C4)n2)n1. The summed E-state index contributed by atoms with van der Waals surface area (Å²) >= 11 is 0. The van der Waals surface area contributed by atoms with Crippen molar-refractivity contribution in [2.75, 3.05) is 11.9 Å². The summed E-state index contributed by atoms with van der Waals surface area (Å²) in [5.41, 5.74) is 2.08. The Morgan fingerprint density at radius 3 is 2.83 bits per heavy atom. The second kappa shape index (κ2) is 5.95. The Balaban J connectivity index is 1.38. The smallest absolute Gasteiger partial charge is 0.174 e. The Morgan fingerprint density at radius 1 is 1.22 bits per heavy atom. The van der Waals surface area contributed by atoms with Crippen molar-refractivity contribution in [1.29, 1.82) is 0 Å². The lowest BCUT2D eigenvalue weighted by atomic mass is 9.86. The first-order valence-electron chi connectivity index (χ1n) is 8.78. The van der Waals surface area contributed by atoms with E-state index in [2.05, 4.69) is 26.4 Å². The normalized spacial score (nSPS) is 25.9. The van der Waals surface area contributed by atoms with Gasteiger partial charge in [0.15, 0.2) is 5.82 Å². The van der Waals surface area contributed by atoms with Gasteiger partial charge in [0.2, 0.25) is 0 Å². The monoisotopic (exact) mass is 311 g/mol. The van der Waals surface area contributed by atoms with Crippen molar-refractivity contribution in [3.8, 4) is 5.82 Å². The quantitative estimate of drug-likeness (QED) is 0.918. The number of anilines is 1. The minimum absolute atomic E-state index is 0.778. The van der Waals surface area contributed by atoms with Gasteiger partial charge in [0.05, 0.1) is 18.1 Å². The van der Waals surface area contributed by atoms with Gasteiger partial charge in [0.25, 0.3) is 0 Å². The van der Waals surface area contributed by atoms with Crippen LogP contribution >= 0.6 is 0 Å². The van der Waals surface area contributed by atoms with Gasteiger partial charge in [-0.05, 0) is 63.4 Å². The zero-order valence-corrected chi connectivity index (χ0v) is 14.0. The van der Waals surface area contributed by atoms with Crippen molar-refractivity contribution < 1.29 is 0 Å². The van der Waals surface area contributed by atoms with Gasteiger partial charge < -0.3 is 5.32 Å². The molecule has 0 aromatic carbocycles. The third-order valence-corrected chi connectivity index (χ3v) is 5.55. The van der Waals surface area contributed by atoms with Crippen molar-refractivity contribution in [2.24, 2.45) is 17.8 Å². The third kappa shape index (κ3) is 2.96. The van der Waals surface area contributed by atoms with Crippen LogP contribution < -0.4 is 5.32 Å². The van der Waals surface area contributed by atoms with Crippen LogP contribution in [0.25, 0.3) is 5.82 Å². The van der Waals surface area contributed by atoms with E-state index in [9.17, 15) is 0 Å². The second-order valence-electron chi connectivity index (χ2n) is 7.25. The molecule has 0 spiro atoms. The first kappa shape index (κ1) is 14.7. The van der Waals surface area contributed by atoms with Gasteiger partial charge in [-0.15, -0.1) is 0 Å². The molecule has 2 bridgehead atoms. The molecular weight excluding hydrogens is 286 g/mol. The standard InChI is InChI=1S/C18H25N5/c1-12-7-13(2)23(22-12)18-11-19-10-17(21-18)20-6-5-16-9-14-3-4-15(16)8-14/h7,10-11,14-16H,3-6,8-9H2,1-2H3,(H,20,21)/t14-,15-,16-/m0/s1. The molecule has 5 nitrogen and oxygen atoms in total. The van der Waals surface area contributed by atoms with Crippen LogP contribution in [0.2, 0.25) is 0 Å². The van der Waals surface area contributed by atoms with Crippen molar-refractivity contribution in [1.82, 2.24) is 19.7 Å². The van der Waals surface area contributed by atoms with Gasteiger partial charge in [-0.2, -0.15) is 5.10 Å². The highest BCUT2D eigenvalue weighted by atomic mass is 15.3. The lowest BCUT2D eigenvalue weighted by Crippen LogP contribution is -2.16. The van der Waals surface area contributed by atoms with E-state index >= 15 is 0 Å². The number of hydrogen-bond donors (Lipinski definition) is 1. The molecule has 0 unspecified atom stereocenters. The molecule has 4 rings (SSSR count). The van der Waals surface area contributed by atoms with Crippen LogP contribution in [-0.2, 0) is 0 Å². The number of hydrogen-bond acceptors (Lipinski definition) is 4. The Kier molecular flexibility index (Phi) is 3.79. The predicted molar refractivity (Wildman–Crippen MR) is 90.7 cm³/mol. The molecule has 2 aliphatic rings. The van der Waals surface area contributed by atoms with Gasteiger partial charge in [0, 0.05) is 12.2 Å². The Hall–Kier alpha value is -1.91. The van der Waals surface area contributed by atoms with E-state index in [-0.39, 0.29) is 0 Å². The van der Waals surface area contributed by atoms with Crippen LogP contribution in [0.5, 0.6) is 0 Å². The summed E-state index contributed by atoms with van der Waals surface area (Å²) < 4.78 is 1.85. The topological polar surface area (TPSA) is 55.6 Å². The first-order chi connectivity index (χ1) is 11.2. The zero-order chi connectivity index (χ0) is 15.8. The fraction of sp³-hybridized carbons (Fsp3) is 0.611. The number of nitrogens with one attached hydrogen (secondary N) is 1. The number of fused-ring (bicyclic) bond motifs is 2. The summed E-state index contributed by atoms with van der Waals surface area (Å²) in [6, 6.07) is 2.05. The molecule has 2 fully saturated rings. The Morgan fingerprint density at radius 2 is 2.13 bits per heavy atom. The van der Waals surface area contributed by atoms with E-state index in [4.69, 9.17) is 0 Å². The molecule has 122 valence electrons. The molecule has 0 radical (unpaired) electrons. The van der Waals surface area contributed by atoms with Crippen LogP contribution in [0, 0.1) is 31.6 Å². The van der Waals surface area contributed by atoms with Crippen molar-refractivity contribution in [2.45, 2.75) is 46.0 Å². The molecule has 3 atom stereocenters. The fourth-order valence-electron chi connectivity index (χ4n) is 4.52. The summed E-state index contributed by atoms with van der Waals surface area (Å²) in [7, 11) is 0. The highest BCUT2D eigenvalue weighted by Gasteiger charge is 2.38. The molecule has 0 amide bonds. The van der Waals surface area contributed by atoms with Crippen molar-refractivity contribution >= 4 is 5.82 Å². The maximum Gasteiger partial charge on any atom is 0.174 e. The van der Waals surface area contributed by atoms with Crippen LogP contribution in [0.15, 0.2) is 18.5 Å². The third-order valence-electron chi connectivity index (χ3n) is 5.55. The van der Waals surface area contributed by atoms with E-state index in [1.54, 1.807) is 12.4 Å². The van der Waals surface area contributed by atoms with Gasteiger partial charge in [-0.3, -0.25) is 4.98 Å². The fourth-order valence-corrected chi connectivity index (χ4v) is 4.52. The Labute approximate surface area is 137 Å². The molecule has 5 heteroatoms. The van der Waals surface area contributed by atoms with E-state index in [0.29, 0.717) is 0 Å². The summed E-state index contributed by atoms with van der Waals surface area (Å²) in [6.45, 7) is 5.02. The summed E-state index contributed by atoms with van der Waals surface area (Å²) in [5.74, 6) is 4.57. The van der Waals surface area contributed by atoms with E-state index in [1.165, 1.54) is 32.1 Å². The molecule has 0 aliphatic heterocycles. The van der Waals surface area contributed by atoms with Crippen molar-refractivity contribution in [3.05, 3.63) is 29.8 Å². The highest BCUT2D eigenvalue weighted by molar-refractivity contribution is 5.36. The maximum absolute atomic E-state index is 4.66. The lowest BCUT2D eigenvalue weighted by Gasteiger charge is -2.21. The van der Waals surface area contributed by atoms with Gasteiger partial charge in [-0.25, -0.2) is 9.67 Å². The minimum Gasteiger partial charge on any atom is -0.369 e. The van der Waals surface area contributed by atoms with Crippen LogP contribution in [0.4, 0.5) is 5.82 Å². The molecule has 2 heterocycles. The summed E-state index contributed by atoms with van der Waals surface area (Å²) in [6.07, 6.45) is 10.7. The summed E-state index contributed by atoms with van der Waals surface area (Å²) in [4.78, 5) is 8.97. The molecular formula is C18H25N5. The minimum atomic E-state index is 0.778. The number of aryl methyl sites for hydroxylation is 2. The average Bonchev–Trinajstić information content (AvgIpc) is 3.23. The van der Waals surface area contributed by atoms with Gasteiger partial charge in [-0.1, -0.05) is 6.42 Å².